The first kappa shape index (κ1) is 20.9. The lowest BCUT2D eigenvalue weighted by atomic mass is 10.0. The smallest absolute Gasteiger partial charge is 0.303 e. The largest absolute Gasteiger partial charge is 0.632 e. The molecule has 0 saturated carbocycles. The van der Waals surface area contributed by atoms with Crippen molar-refractivity contribution in [3.05, 3.63) is 29.4 Å². The van der Waals surface area contributed by atoms with E-state index in [2.05, 4.69) is 5.32 Å². The van der Waals surface area contributed by atoms with E-state index in [0.717, 1.165) is 38.0 Å². The molecular formula is C19H32N2O5. The summed E-state index contributed by atoms with van der Waals surface area (Å²) in [7, 11) is 0. The minimum atomic E-state index is -0.745. The maximum absolute atomic E-state index is 13.0. The van der Waals surface area contributed by atoms with Crippen LogP contribution in [0.2, 0.25) is 0 Å². The highest BCUT2D eigenvalue weighted by atomic mass is 16.6. The van der Waals surface area contributed by atoms with E-state index in [1.165, 1.54) is 0 Å². The summed E-state index contributed by atoms with van der Waals surface area (Å²) in [5.74, 6) is 0.115. The van der Waals surface area contributed by atoms with Crippen molar-refractivity contribution in [1.29, 1.82) is 0 Å². The Morgan fingerprint density at radius 3 is 2.88 bits per heavy atom. The van der Waals surface area contributed by atoms with Crippen LogP contribution in [0.25, 0.3) is 0 Å². The molecule has 0 spiro atoms. The molecule has 3 atom stereocenters. The molecule has 0 aromatic carbocycles. The van der Waals surface area contributed by atoms with Crippen LogP contribution in [0.3, 0.4) is 0 Å². The van der Waals surface area contributed by atoms with Crippen molar-refractivity contribution in [3.63, 3.8) is 0 Å². The zero-order valence-electron chi connectivity index (χ0n) is 15.4. The first-order valence-corrected chi connectivity index (χ1v) is 9.70. The quantitative estimate of drug-likeness (QED) is 0.281. The first-order chi connectivity index (χ1) is 12.5. The van der Waals surface area contributed by atoms with Crippen molar-refractivity contribution in [2.24, 2.45) is 0 Å². The number of aliphatic carboxylic acids is 1. The fraction of sp³-hybridized carbons (Fsp3) is 0.737. The van der Waals surface area contributed by atoms with Crippen molar-refractivity contribution in [2.45, 2.75) is 69.9 Å². The number of nitrogens with zero attached hydrogens (tertiary/aromatic N) is 1. The summed E-state index contributed by atoms with van der Waals surface area (Å²) in [4.78, 5) is 10.5. The van der Waals surface area contributed by atoms with Gasteiger partial charge in [-0.2, -0.15) is 0 Å². The molecule has 26 heavy (non-hydrogen) atoms. The average Bonchev–Trinajstić information content (AvgIpc) is 3.24. The van der Waals surface area contributed by atoms with E-state index in [1.807, 2.05) is 12.1 Å². The van der Waals surface area contributed by atoms with E-state index in [-0.39, 0.29) is 17.1 Å². The Labute approximate surface area is 155 Å². The highest BCUT2D eigenvalue weighted by Gasteiger charge is 2.34. The lowest BCUT2D eigenvalue weighted by Gasteiger charge is -2.44. The van der Waals surface area contributed by atoms with Gasteiger partial charge in [0.1, 0.15) is 18.5 Å². The predicted molar refractivity (Wildman–Crippen MR) is 98.1 cm³/mol. The molecule has 0 bridgehead atoms. The zero-order valence-corrected chi connectivity index (χ0v) is 15.4. The third kappa shape index (κ3) is 7.07. The van der Waals surface area contributed by atoms with Gasteiger partial charge in [0.15, 0.2) is 0 Å². The number of aliphatic hydroxyl groups is 1. The molecule has 7 nitrogen and oxygen atoms in total. The van der Waals surface area contributed by atoms with Gasteiger partial charge in [0, 0.05) is 25.7 Å². The number of carboxylic acid groups (broad SMARTS) is 1. The Morgan fingerprint density at radius 1 is 1.35 bits per heavy atom. The van der Waals surface area contributed by atoms with Gasteiger partial charge < -0.3 is 24.5 Å². The van der Waals surface area contributed by atoms with Crippen LogP contribution in [0, 0.1) is 5.21 Å². The summed E-state index contributed by atoms with van der Waals surface area (Å²) < 4.78 is 4.99. The summed E-state index contributed by atoms with van der Waals surface area (Å²) in [6.07, 6.45) is 7.54. The molecule has 7 heteroatoms. The molecule has 0 radical (unpaired) electrons. The van der Waals surface area contributed by atoms with Crippen LogP contribution in [-0.2, 0) is 11.2 Å². The van der Waals surface area contributed by atoms with Gasteiger partial charge in [-0.1, -0.05) is 12.8 Å². The molecule has 1 aromatic heterocycles. The molecule has 3 N–H and O–H groups in total. The average molecular weight is 368 g/mol. The number of hydroxylamine groups is 3. The van der Waals surface area contributed by atoms with Crippen LogP contribution in [0.4, 0.5) is 0 Å². The maximum atomic E-state index is 13.0. The van der Waals surface area contributed by atoms with E-state index in [9.17, 15) is 15.1 Å². The van der Waals surface area contributed by atoms with E-state index < -0.39 is 12.1 Å². The number of hydrogen-bond acceptors (Lipinski definition) is 5. The standard InChI is InChI=1S/C19H32N2O5/c22-17(9-10-18-7-5-13-26-18)11-12-21(25)15-20-14-16(21)6-3-1-2-4-8-19(23)24/h5,7,13,16-17,20,22H,1-4,6,8-12,14-15H2,(H,23,24). The van der Waals surface area contributed by atoms with Crippen LogP contribution in [0.5, 0.6) is 0 Å². The SMILES string of the molecule is O=C(O)CCCCCCC1CNC[N+]1([O-])CCC(O)CCc1ccco1. The lowest BCUT2D eigenvalue weighted by molar-refractivity contribution is -0.893. The summed E-state index contributed by atoms with van der Waals surface area (Å²) in [5.41, 5.74) is 0. The Hall–Kier alpha value is -1.41. The summed E-state index contributed by atoms with van der Waals surface area (Å²) in [6.45, 7) is 1.56. The van der Waals surface area contributed by atoms with Crippen LogP contribution < -0.4 is 5.32 Å². The van der Waals surface area contributed by atoms with Crippen LogP contribution in [0.15, 0.2) is 22.8 Å². The summed E-state index contributed by atoms with van der Waals surface area (Å²) >= 11 is 0. The molecule has 148 valence electrons. The van der Waals surface area contributed by atoms with Crippen molar-refractivity contribution in [2.75, 3.05) is 19.8 Å². The molecule has 0 aliphatic carbocycles. The van der Waals surface area contributed by atoms with E-state index >= 15 is 0 Å². The fourth-order valence-electron chi connectivity index (χ4n) is 3.60. The van der Waals surface area contributed by atoms with Crippen molar-refractivity contribution < 1.29 is 24.1 Å². The highest BCUT2D eigenvalue weighted by molar-refractivity contribution is 5.66. The Morgan fingerprint density at radius 2 is 2.15 bits per heavy atom. The number of hydrogen-bond donors (Lipinski definition) is 3. The summed E-state index contributed by atoms with van der Waals surface area (Å²) in [5, 5.41) is 35.0. The molecule has 1 aliphatic heterocycles. The normalized spacial score (nSPS) is 24.0. The van der Waals surface area contributed by atoms with E-state index in [0.29, 0.717) is 38.9 Å². The number of carbonyl (C=O) groups is 1. The van der Waals surface area contributed by atoms with Gasteiger partial charge in [-0.3, -0.25) is 10.1 Å². The minimum Gasteiger partial charge on any atom is -0.632 e. The monoisotopic (exact) mass is 368 g/mol. The number of unbranched alkanes of at least 4 members (excludes halogenated alkanes) is 3. The van der Waals surface area contributed by atoms with Crippen LogP contribution >= 0.6 is 0 Å². The number of aliphatic hydroxyl groups excluding tert-OH is 1. The molecule has 1 saturated heterocycles. The third-order valence-electron chi connectivity index (χ3n) is 5.25. The Balaban J connectivity index is 1.63. The second kappa shape index (κ2) is 10.7. The van der Waals surface area contributed by atoms with Crippen molar-refractivity contribution >= 4 is 5.97 Å². The highest BCUT2D eigenvalue weighted by Crippen LogP contribution is 2.23. The zero-order chi connectivity index (χ0) is 18.8. The Bertz CT molecular complexity index is 522. The van der Waals surface area contributed by atoms with Crippen molar-refractivity contribution in [3.8, 4) is 0 Å². The molecule has 3 unspecified atom stereocenters. The molecule has 0 amide bonds. The molecule has 1 fully saturated rings. The maximum Gasteiger partial charge on any atom is 0.303 e. The number of aryl methyl sites for hydroxylation is 1. The predicted octanol–water partition coefficient (Wildman–Crippen LogP) is 2.63. The molecule has 1 aromatic rings. The van der Waals surface area contributed by atoms with E-state index in [4.69, 9.17) is 9.52 Å². The number of nitrogens with one attached hydrogen (secondary N) is 1. The molecule has 1 aliphatic rings. The van der Waals surface area contributed by atoms with Gasteiger partial charge in [-0.25, -0.2) is 0 Å². The molecule has 2 rings (SSSR count). The van der Waals surface area contributed by atoms with Gasteiger partial charge in [0.2, 0.25) is 0 Å². The number of furan rings is 1. The Kier molecular flexibility index (Phi) is 8.58. The lowest BCUT2D eigenvalue weighted by Crippen LogP contribution is -2.49. The first-order valence-electron chi connectivity index (χ1n) is 9.70. The fourth-order valence-corrected chi connectivity index (χ4v) is 3.60. The molecule has 2 heterocycles. The van der Waals surface area contributed by atoms with Crippen LogP contribution in [-0.4, -0.2) is 52.7 Å². The minimum absolute atomic E-state index is 0.0340. The van der Waals surface area contributed by atoms with Gasteiger partial charge in [-0.05, 0) is 31.4 Å². The molecular weight excluding hydrogens is 336 g/mol. The second-order valence-electron chi connectivity index (χ2n) is 7.35. The topological polar surface area (TPSA) is 106 Å². The number of quaternary nitrogens is 1. The van der Waals surface area contributed by atoms with Crippen molar-refractivity contribution in [1.82, 2.24) is 5.32 Å². The van der Waals surface area contributed by atoms with Gasteiger partial charge in [0.25, 0.3) is 0 Å². The van der Waals surface area contributed by atoms with Crippen LogP contribution in [0.1, 0.15) is 57.1 Å². The summed E-state index contributed by atoms with van der Waals surface area (Å²) in [6, 6.07) is 3.76. The van der Waals surface area contributed by atoms with Gasteiger partial charge in [0.05, 0.1) is 25.5 Å². The van der Waals surface area contributed by atoms with Gasteiger partial charge >= 0.3 is 5.97 Å². The third-order valence-corrected chi connectivity index (χ3v) is 5.25. The number of rotatable bonds is 13. The van der Waals surface area contributed by atoms with Gasteiger partial charge in [-0.15, -0.1) is 0 Å². The second-order valence-corrected chi connectivity index (χ2v) is 7.35. The van der Waals surface area contributed by atoms with E-state index in [1.54, 1.807) is 6.26 Å². The number of carboxylic acids is 1.